The molecule has 1 aromatic heterocycles. The predicted molar refractivity (Wildman–Crippen MR) is 129 cm³/mol. The fourth-order valence-corrected chi connectivity index (χ4v) is 5.34. The number of amides is 2. The van der Waals surface area contributed by atoms with Gasteiger partial charge in [-0.1, -0.05) is 0 Å². The van der Waals surface area contributed by atoms with Crippen molar-refractivity contribution in [3.8, 4) is 17.0 Å². The lowest BCUT2D eigenvalue weighted by molar-refractivity contribution is 0.0296. The maximum atomic E-state index is 13.3. The van der Waals surface area contributed by atoms with Gasteiger partial charge in [0.25, 0.3) is 0 Å². The van der Waals surface area contributed by atoms with Crippen molar-refractivity contribution in [3.05, 3.63) is 66.1 Å². The summed E-state index contributed by atoms with van der Waals surface area (Å²) in [6.07, 6.45) is 2.20. The summed E-state index contributed by atoms with van der Waals surface area (Å²) < 4.78 is 20.4. The molecule has 0 saturated carbocycles. The van der Waals surface area contributed by atoms with Crippen LogP contribution >= 0.6 is 0 Å². The molecule has 6 rings (SSSR count). The molecule has 1 unspecified atom stereocenters. The molecule has 3 aromatic rings. The van der Waals surface area contributed by atoms with Gasteiger partial charge in [0, 0.05) is 49.0 Å². The molecule has 3 saturated heterocycles. The summed E-state index contributed by atoms with van der Waals surface area (Å²) in [4.78, 5) is 14.9. The first kappa shape index (κ1) is 22.4. The Morgan fingerprint density at radius 2 is 1.94 bits per heavy atom. The lowest BCUT2D eigenvalue weighted by atomic mass is 9.74. The molecule has 2 amide bonds. The summed E-state index contributed by atoms with van der Waals surface area (Å²) in [7, 11) is 3.61. The Kier molecular flexibility index (Phi) is 6.24. The van der Waals surface area contributed by atoms with E-state index >= 15 is 0 Å². The SMILES string of the molecule is COc1ccc(NC(=O)NC[C@H]2C[C@@H]3CCN2C[C@@H]3c2cc(-c3ccc(F)cc3)nn2C)cc1. The molecule has 2 bridgehead atoms. The molecule has 4 atom stereocenters. The summed E-state index contributed by atoms with van der Waals surface area (Å²) in [6.45, 7) is 2.63. The highest BCUT2D eigenvalue weighted by Crippen LogP contribution is 2.42. The highest BCUT2D eigenvalue weighted by atomic mass is 19.1. The highest BCUT2D eigenvalue weighted by molar-refractivity contribution is 5.89. The second-order valence-electron chi connectivity index (χ2n) is 9.19. The van der Waals surface area contributed by atoms with E-state index in [1.807, 2.05) is 36.0 Å². The fourth-order valence-electron chi connectivity index (χ4n) is 5.34. The van der Waals surface area contributed by atoms with Gasteiger partial charge in [0.15, 0.2) is 0 Å². The van der Waals surface area contributed by atoms with E-state index in [1.165, 1.54) is 17.8 Å². The van der Waals surface area contributed by atoms with E-state index in [0.717, 1.165) is 48.6 Å². The Bertz CT molecular complexity index is 1150. The number of nitrogens with one attached hydrogen (secondary N) is 2. The van der Waals surface area contributed by atoms with Gasteiger partial charge >= 0.3 is 6.03 Å². The van der Waals surface area contributed by atoms with Crippen LogP contribution in [-0.2, 0) is 7.05 Å². The van der Waals surface area contributed by atoms with Gasteiger partial charge in [-0.3, -0.25) is 9.58 Å². The van der Waals surface area contributed by atoms with Crippen molar-refractivity contribution >= 4 is 11.7 Å². The van der Waals surface area contributed by atoms with E-state index in [0.29, 0.717) is 24.4 Å². The zero-order chi connectivity index (χ0) is 23.7. The Morgan fingerprint density at radius 1 is 1.18 bits per heavy atom. The predicted octanol–water partition coefficient (Wildman–Crippen LogP) is 4.23. The monoisotopic (exact) mass is 463 g/mol. The van der Waals surface area contributed by atoms with Gasteiger partial charge in [0.05, 0.1) is 12.8 Å². The molecule has 3 aliphatic heterocycles. The van der Waals surface area contributed by atoms with Crippen LogP contribution in [0.1, 0.15) is 24.5 Å². The third kappa shape index (κ3) is 4.63. The van der Waals surface area contributed by atoms with Gasteiger partial charge in [0.2, 0.25) is 0 Å². The van der Waals surface area contributed by atoms with Gasteiger partial charge < -0.3 is 15.4 Å². The number of carbonyl (C=O) groups excluding carboxylic acids is 1. The zero-order valence-corrected chi connectivity index (χ0v) is 19.5. The fraction of sp³-hybridized carbons (Fsp3) is 0.385. The third-order valence-electron chi connectivity index (χ3n) is 7.16. The molecule has 0 spiro atoms. The summed E-state index contributed by atoms with van der Waals surface area (Å²) in [5.41, 5.74) is 3.76. The number of hydrogen-bond donors (Lipinski definition) is 2. The number of aromatic nitrogens is 2. The minimum absolute atomic E-state index is 0.195. The molecule has 2 aromatic carbocycles. The number of piperidine rings is 3. The van der Waals surface area contributed by atoms with E-state index in [-0.39, 0.29) is 11.8 Å². The number of benzene rings is 2. The first-order chi connectivity index (χ1) is 16.5. The number of urea groups is 1. The maximum Gasteiger partial charge on any atom is 0.319 e. The van der Waals surface area contributed by atoms with E-state index in [9.17, 15) is 9.18 Å². The molecular weight excluding hydrogens is 433 g/mol. The van der Waals surface area contributed by atoms with Crippen molar-refractivity contribution in [2.75, 3.05) is 32.1 Å². The first-order valence-corrected chi connectivity index (χ1v) is 11.7. The van der Waals surface area contributed by atoms with Crippen LogP contribution in [0.5, 0.6) is 5.75 Å². The molecule has 3 aliphatic rings. The summed E-state index contributed by atoms with van der Waals surface area (Å²) >= 11 is 0. The smallest absolute Gasteiger partial charge is 0.319 e. The van der Waals surface area contributed by atoms with Gasteiger partial charge in [-0.15, -0.1) is 0 Å². The molecule has 4 heterocycles. The maximum absolute atomic E-state index is 13.3. The molecular formula is C26H30FN5O2. The lowest BCUT2D eigenvalue weighted by Crippen LogP contribution is -2.56. The Hall–Kier alpha value is -3.39. The molecule has 2 N–H and O–H groups in total. The zero-order valence-electron chi connectivity index (χ0n) is 19.5. The molecule has 178 valence electrons. The van der Waals surface area contributed by atoms with E-state index in [4.69, 9.17) is 9.84 Å². The Labute approximate surface area is 198 Å². The minimum Gasteiger partial charge on any atom is -0.497 e. The number of carbonyl (C=O) groups is 1. The average Bonchev–Trinajstić information content (AvgIpc) is 3.25. The topological polar surface area (TPSA) is 71.4 Å². The number of aryl methyl sites for hydroxylation is 1. The average molecular weight is 464 g/mol. The summed E-state index contributed by atoms with van der Waals surface area (Å²) in [5.74, 6) is 1.47. The van der Waals surface area contributed by atoms with E-state index in [1.54, 1.807) is 19.2 Å². The van der Waals surface area contributed by atoms with Crippen LogP contribution in [0.4, 0.5) is 14.9 Å². The van der Waals surface area contributed by atoms with Crippen molar-refractivity contribution in [3.63, 3.8) is 0 Å². The van der Waals surface area contributed by atoms with Crippen LogP contribution < -0.4 is 15.4 Å². The number of fused-ring (bicyclic) bond motifs is 3. The minimum atomic E-state index is -0.241. The number of rotatable bonds is 6. The number of methoxy groups -OCH3 is 1. The standard InChI is InChI=1S/C26H30FN5O2/c1-31-25(14-24(30-31)17-3-5-19(27)6-4-17)23-16-32-12-11-18(23)13-21(32)15-28-26(33)29-20-7-9-22(34-2)10-8-20/h3-10,14,18,21,23H,11-13,15-16H2,1-2H3,(H2,28,29,33)/t18-,21+,23-/m0/s1. The second-order valence-corrected chi connectivity index (χ2v) is 9.19. The largest absolute Gasteiger partial charge is 0.497 e. The van der Waals surface area contributed by atoms with E-state index < -0.39 is 0 Å². The second kappa shape index (κ2) is 9.46. The molecule has 3 fully saturated rings. The number of anilines is 1. The molecule has 0 radical (unpaired) electrons. The van der Waals surface area contributed by atoms with Crippen molar-refractivity contribution in [2.24, 2.45) is 13.0 Å². The van der Waals surface area contributed by atoms with Crippen LogP contribution in [-0.4, -0.2) is 53.5 Å². The number of ether oxygens (including phenoxy) is 1. The summed E-state index contributed by atoms with van der Waals surface area (Å²) in [5, 5.41) is 10.6. The number of hydrogen-bond acceptors (Lipinski definition) is 4. The van der Waals surface area contributed by atoms with Crippen molar-refractivity contribution < 1.29 is 13.9 Å². The van der Waals surface area contributed by atoms with Crippen molar-refractivity contribution in [2.45, 2.75) is 24.8 Å². The molecule has 34 heavy (non-hydrogen) atoms. The quantitative estimate of drug-likeness (QED) is 0.574. The van der Waals surface area contributed by atoms with Gasteiger partial charge in [-0.25, -0.2) is 9.18 Å². The van der Waals surface area contributed by atoms with Crippen molar-refractivity contribution in [1.29, 1.82) is 0 Å². The Morgan fingerprint density at radius 3 is 2.62 bits per heavy atom. The normalized spacial score (nSPS) is 23.5. The highest BCUT2D eigenvalue weighted by Gasteiger charge is 2.41. The van der Waals surface area contributed by atoms with Crippen LogP contribution in [0.15, 0.2) is 54.6 Å². The van der Waals surface area contributed by atoms with Gasteiger partial charge in [-0.2, -0.15) is 5.10 Å². The third-order valence-corrected chi connectivity index (χ3v) is 7.16. The van der Waals surface area contributed by atoms with Crippen molar-refractivity contribution in [1.82, 2.24) is 20.0 Å². The number of halogens is 1. The first-order valence-electron chi connectivity index (χ1n) is 11.7. The van der Waals surface area contributed by atoms with Gasteiger partial charge in [0.1, 0.15) is 11.6 Å². The lowest BCUT2D eigenvalue weighted by Gasteiger charge is -2.49. The molecule has 0 aliphatic carbocycles. The molecule has 7 nitrogen and oxygen atoms in total. The summed E-state index contributed by atoms with van der Waals surface area (Å²) in [6, 6.07) is 16.1. The Balaban J connectivity index is 1.19. The molecule has 8 heteroatoms. The van der Waals surface area contributed by atoms with E-state index in [2.05, 4.69) is 21.6 Å². The number of nitrogens with zero attached hydrogens (tertiary/aromatic N) is 3. The van der Waals surface area contributed by atoms with Gasteiger partial charge in [-0.05, 0) is 79.9 Å². The van der Waals surface area contributed by atoms with Crippen LogP contribution in [0, 0.1) is 11.7 Å². The van der Waals surface area contributed by atoms with Crippen LogP contribution in [0.25, 0.3) is 11.3 Å². The van der Waals surface area contributed by atoms with Crippen LogP contribution in [0.3, 0.4) is 0 Å². The van der Waals surface area contributed by atoms with Crippen LogP contribution in [0.2, 0.25) is 0 Å².